The number of hydrogen-bond donors (Lipinski definition) is 5. The molecule has 5 amide bonds. The van der Waals surface area contributed by atoms with E-state index in [0.717, 1.165) is 0 Å². The van der Waals surface area contributed by atoms with Gasteiger partial charge in [0.2, 0.25) is 17.7 Å². The van der Waals surface area contributed by atoms with Crippen molar-refractivity contribution in [3.05, 3.63) is 29.8 Å². The second kappa shape index (κ2) is 18.6. The third-order valence-corrected chi connectivity index (χ3v) is 7.61. The molecular weight excluding hydrogens is 570 g/mol. The number of hydrogen-bond acceptors (Lipinski definition) is 8. The minimum Gasteiger partial charge on any atom is -0.466 e. The molecule has 13 heteroatoms. The number of benzene rings is 1. The standard InChI is InChI=1S/C31H47N5O8/c1-4-44-30(42)22-13-16-36(17-14-22)27(40)12-11-26(39)35-28(20(2)3)25(38)18-23(6-5-15-33-31(32)43)29(41)34-24-9-7-21(19-37)8-10-24/h7-10,20,22-23,28,37H,4-6,11-19H2,1-3H3,(H,34,41)(H,35,39)(H3,32,33,43)/t23-,28+/m1/s1. The van der Waals surface area contributed by atoms with E-state index in [1.54, 1.807) is 49.9 Å². The van der Waals surface area contributed by atoms with Crippen LogP contribution < -0.4 is 21.7 Å². The molecule has 0 aromatic heterocycles. The van der Waals surface area contributed by atoms with Gasteiger partial charge in [-0.05, 0) is 56.2 Å². The number of amides is 5. The van der Waals surface area contributed by atoms with Crippen molar-refractivity contribution in [1.82, 2.24) is 15.5 Å². The third-order valence-electron chi connectivity index (χ3n) is 7.61. The monoisotopic (exact) mass is 617 g/mol. The molecule has 1 fully saturated rings. The van der Waals surface area contributed by atoms with Crippen molar-refractivity contribution < 1.29 is 38.6 Å². The second-order valence-corrected chi connectivity index (χ2v) is 11.3. The number of rotatable bonds is 17. The number of nitrogens with two attached hydrogens (primary N) is 1. The number of anilines is 1. The quantitative estimate of drug-likeness (QED) is 0.129. The van der Waals surface area contributed by atoms with Gasteiger partial charge in [-0.2, -0.15) is 0 Å². The van der Waals surface area contributed by atoms with E-state index >= 15 is 0 Å². The zero-order chi connectivity index (χ0) is 32.6. The zero-order valence-electron chi connectivity index (χ0n) is 25.9. The van der Waals surface area contributed by atoms with Crippen molar-refractivity contribution in [2.75, 3.05) is 31.6 Å². The van der Waals surface area contributed by atoms with Crippen LogP contribution in [0.2, 0.25) is 0 Å². The fraction of sp³-hybridized carbons (Fsp3) is 0.613. The Hall–Kier alpha value is -4.00. The largest absolute Gasteiger partial charge is 0.466 e. The first-order valence-corrected chi connectivity index (χ1v) is 15.3. The Labute approximate surface area is 258 Å². The number of aliphatic hydroxyl groups is 1. The molecule has 1 aliphatic heterocycles. The van der Waals surface area contributed by atoms with Crippen LogP contribution in [0.15, 0.2) is 24.3 Å². The number of Topliss-reactive ketones (excluding diaryl/α,β-unsaturated/α-hetero) is 1. The van der Waals surface area contributed by atoms with Gasteiger partial charge in [0, 0.05) is 50.5 Å². The number of esters is 1. The van der Waals surface area contributed by atoms with Gasteiger partial charge < -0.3 is 36.4 Å². The molecule has 1 aromatic rings. The van der Waals surface area contributed by atoms with E-state index in [9.17, 15) is 33.9 Å². The number of aliphatic hydroxyl groups excluding tert-OH is 1. The minimum atomic E-state index is -0.860. The third kappa shape index (κ3) is 12.3. The number of urea groups is 1. The van der Waals surface area contributed by atoms with Gasteiger partial charge in [0.05, 0.1) is 25.2 Å². The normalized spacial score (nSPS) is 14.8. The Morgan fingerprint density at radius 2 is 1.70 bits per heavy atom. The van der Waals surface area contributed by atoms with E-state index in [1.165, 1.54) is 0 Å². The van der Waals surface area contributed by atoms with Gasteiger partial charge in [-0.15, -0.1) is 0 Å². The van der Waals surface area contributed by atoms with Gasteiger partial charge in [0.25, 0.3) is 0 Å². The maximum absolute atomic E-state index is 13.4. The van der Waals surface area contributed by atoms with Crippen LogP contribution in [-0.2, 0) is 35.3 Å². The summed E-state index contributed by atoms with van der Waals surface area (Å²) in [6, 6.07) is 5.10. The van der Waals surface area contributed by atoms with Gasteiger partial charge in [0.15, 0.2) is 5.78 Å². The van der Waals surface area contributed by atoms with Crippen molar-refractivity contribution in [2.24, 2.45) is 23.5 Å². The predicted octanol–water partition coefficient (Wildman–Crippen LogP) is 1.86. The van der Waals surface area contributed by atoms with Gasteiger partial charge in [-0.25, -0.2) is 4.79 Å². The van der Waals surface area contributed by atoms with Crippen molar-refractivity contribution in [1.29, 1.82) is 0 Å². The Balaban J connectivity index is 1.95. The maximum atomic E-state index is 13.4. The second-order valence-electron chi connectivity index (χ2n) is 11.3. The first-order chi connectivity index (χ1) is 20.9. The molecule has 44 heavy (non-hydrogen) atoms. The summed E-state index contributed by atoms with van der Waals surface area (Å²) in [5, 5.41) is 17.3. The Bertz CT molecular complexity index is 1130. The lowest BCUT2D eigenvalue weighted by Crippen LogP contribution is -2.46. The van der Waals surface area contributed by atoms with Gasteiger partial charge in [-0.1, -0.05) is 26.0 Å². The fourth-order valence-electron chi connectivity index (χ4n) is 5.06. The molecule has 0 unspecified atom stereocenters. The van der Waals surface area contributed by atoms with Crippen molar-refractivity contribution >= 4 is 41.2 Å². The SMILES string of the molecule is CCOC(=O)C1CCN(C(=O)CCC(=O)N[C@H](C(=O)C[C@@H](CCCNC(N)=O)C(=O)Nc2ccc(CO)cc2)C(C)C)CC1. The molecule has 6 N–H and O–H groups in total. The van der Waals surface area contributed by atoms with Crippen molar-refractivity contribution in [3.63, 3.8) is 0 Å². The fourth-order valence-corrected chi connectivity index (χ4v) is 5.06. The van der Waals surface area contributed by atoms with Crippen LogP contribution in [0, 0.1) is 17.8 Å². The smallest absolute Gasteiger partial charge is 0.312 e. The van der Waals surface area contributed by atoms with Gasteiger partial charge in [0.1, 0.15) is 0 Å². The highest BCUT2D eigenvalue weighted by molar-refractivity contribution is 5.97. The van der Waals surface area contributed by atoms with Crippen LogP contribution in [0.4, 0.5) is 10.5 Å². The summed E-state index contributed by atoms with van der Waals surface area (Å²) in [4.78, 5) is 76.7. The average molecular weight is 618 g/mol. The molecule has 0 spiro atoms. The number of piperidine rings is 1. The molecule has 1 aromatic carbocycles. The molecular formula is C31H47N5O8. The van der Waals surface area contributed by atoms with E-state index in [1.807, 2.05) is 0 Å². The summed E-state index contributed by atoms with van der Waals surface area (Å²) in [5.74, 6) is -2.83. The summed E-state index contributed by atoms with van der Waals surface area (Å²) >= 11 is 0. The number of carbonyl (C=O) groups is 6. The number of carbonyl (C=O) groups excluding carboxylic acids is 6. The van der Waals surface area contributed by atoms with Crippen LogP contribution in [0.5, 0.6) is 0 Å². The van der Waals surface area contributed by atoms with Crippen molar-refractivity contribution in [2.45, 2.75) is 78.4 Å². The van der Waals surface area contributed by atoms with Gasteiger partial charge >= 0.3 is 12.0 Å². The molecule has 1 aliphatic rings. The van der Waals surface area contributed by atoms with Crippen LogP contribution in [0.3, 0.4) is 0 Å². The first-order valence-electron chi connectivity index (χ1n) is 15.3. The Kier molecular flexibility index (Phi) is 15.3. The molecule has 13 nitrogen and oxygen atoms in total. The number of nitrogens with one attached hydrogen (secondary N) is 3. The van der Waals surface area contributed by atoms with E-state index < -0.39 is 23.9 Å². The number of likely N-dealkylation sites (tertiary alicyclic amines) is 1. The summed E-state index contributed by atoms with van der Waals surface area (Å²) in [5.41, 5.74) is 6.31. The number of primary amides is 1. The summed E-state index contributed by atoms with van der Waals surface area (Å²) in [7, 11) is 0. The highest BCUT2D eigenvalue weighted by atomic mass is 16.5. The lowest BCUT2D eigenvalue weighted by Gasteiger charge is -2.31. The summed E-state index contributed by atoms with van der Waals surface area (Å²) in [6.07, 6.45) is 1.45. The van der Waals surface area contributed by atoms with Crippen LogP contribution in [0.1, 0.15) is 71.3 Å². The molecule has 0 aliphatic carbocycles. The van der Waals surface area contributed by atoms with Crippen LogP contribution in [0.25, 0.3) is 0 Å². The van der Waals surface area contributed by atoms with Crippen LogP contribution in [-0.4, -0.2) is 77.8 Å². The topological polar surface area (TPSA) is 197 Å². The lowest BCUT2D eigenvalue weighted by molar-refractivity contribution is -0.151. The average Bonchev–Trinajstić information content (AvgIpc) is 3.00. The number of ketones is 1. The molecule has 1 saturated heterocycles. The molecule has 0 radical (unpaired) electrons. The number of ether oxygens (including phenoxy) is 1. The van der Waals surface area contributed by atoms with Crippen LogP contribution >= 0.6 is 0 Å². The highest BCUT2D eigenvalue weighted by Crippen LogP contribution is 2.21. The van der Waals surface area contributed by atoms with Crippen molar-refractivity contribution in [3.8, 4) is 0 Å². The molecule has 244 valence electrons. The van der Waals surface area contributed by atoms with E-state index in [0.29, 0.717) is 50.2 Å². The Morgan fingerprint density at radius 3 is 2.27 bits per heavy atom. The van der Waals surface area contributed by atoms with E-state index in [-0.39, 0.29) is 74.2 Å². The molecule has 1 heterocycles. The highest BCUT2D eigenvalue weighted by Gasteiger charge is 2.31. The zero-order valence-corrected chi connectivity index (χ0v) is 25.9. The molecule has 2 atom stereocenters. The predicted molar refractivity (Wildman–Crippen MR) is 163 cm³/mol. The van der Waals surface area contributed by atoms with E-state index in [2.05, 4.69) is 16.0 Å². The minimum absolute atomic E-state index is 0.0259. The summed E-state index contributed by atoms with van der Waals surface area (Å²) < 4.78 is 5.06. The van der Waals surface area contributed by atoms with E-state index in [4.69, 9.17) is 10.5 Å². The maximum Gasteiger partial charge on any atom is 0.312 e. The molecule has 0 saturated carbocycles. The molecule has 0 bridgehead atoms. The van der Waals surface area contributed by atoms with Gasteiger partial charge in [-0.3, -0.25) is 24.0 Å². The Morgan fingerprint density at radius 1 is 1.05 bits per heavy atom. The molecule has 2 rings (SSSR count). The lowest BCUT2D eigenvalue weighted by atomic mass is 9.89. The summed E-state index contributed by atoms with van der Waals surface area (Å²) in [6.45, 7) is 6.58. The number of nitrogens with zero attached hydrogens (tertiary/aromatic N) is 1. The first kappa shape index (κ1) is 36.2.